The van der Waals surface area contributed by atoms with Crippen molar-refractivity contribution in [3.63, 3.8) is 0 Å². The van der Waals surface area contributed by atoms with Crippen LogP contribution in [-0.4, -0.2) is 58.8 Å². The molecule has 1 N–H and O–H groups in total. The summed E-state index contributed by atoms with van der Waals surface area (Å²) >= 11 is 0. The second-order valence-electron chi connectivity index (χ2n) is 8.71. The van der Waals surface area contributed by atoms with E-state index in [1.165, 1.54) is 7.11 Å². The number of aromatic amines is 1. The van der Waals surface area contributed by atoms with E-state index in [1.54, 1.807) is 21.9 Å². The Labute approximate surface area is 192 Å². The lowest BCUT2D eigenvalue weighted by Crippen LogP contribution is -2.63. The summed E-state index contributed by atoms with van der Waals surface area (Å²) in [6.45, 7) is 2.78. The third-order valence-electron chi connectivity index (χ3n) is 6.77. The van der Waals surface area contributed by atoms with Gasteiger partial charge in [0.15, 0.2) is 0 Å². The van der Waals surface area contributed by atoms with Gasteiger partial charge < -0.3 is 19.5 Å². The Kier molecular flexibility index (Phi) is 5.40. The van der Waals surface area contributed by atoms with Gasteiger partial charge >= 0.3 is 5.97 Å². The van der Waals surface area contributed by atoms with Crippen molar-refractivity contribution in [2.24, 2.45) is 0 Å². The lowest BCUT2D eigenvalue weighted by atomic mass is 9.86. The predicted molar refractivity (Wildman–Crippen MR) is 124 cm³/mol. The number of piperazine rings is 1. The zero-order valence-corrected chi connectivity index (χ0v) is 18.8. The zero-order chi connectivity index (χ0) is 23.1. The molecular weight excluding hydrogens is 418 g/mol. The molecule has 2 aliphatic rings. The molecule has 7 heteroatoms. The minimum atomic E-state index is -0.542. The van der Waals surface area contributed by atoms with Crippen molar-refractivity contribution in [3.05, 3.63) is 70.9 Å². The molecule has 2 amide bonds. The van der Waals surface area contributed by atoms with Crippen molar-refractivity contribution in [1.29, 1.82) is 0 Å². The Bertz CT molecular complexity index is 1230. The number of nitrogens with one attached hydrogen (secondary N) is 1. The van der Waals surface area contributed by atoms with Gasteiger partial charge in [0, 0.05) is 29.6 Å². The number of unbranched alkanes of at least 4 members (excludes halogenated alkanes) is 1. The Balaban J connectivity index is 1.63. The van der Waals surface area contributed by atoms with Gasteiger partial charge in [-0.05, 0) is 35.7 Å². The molecule has 0 bridgehead atoms. The number of hydrogen-bond acceptors (Lipinski definition) is 4. The highest BCUT2D eigenvalue weighted by molar-refractivity contribution is 5.97. The van der Waals surface area contributed by atoms with Crippen molar-refractivity contribution in [2.75, 3.05) is 20.2 Å². The number of para-hydroxylation sites is 1. The van der Waals surface area contributed by atoms with Crippen LogP contribution in [0, 0.1) is 0 Å². The zero-order valence-electron chi connectivity index (χ0n) is 18.8. The van der Waals surface area contributed by atoms with E-state index < -0.39 is 18.1 Å². The fourth-order valence-corrected chi connectivity index (χ4v) is 5.13. The molecule has 170 valence electrons. The fourth-order valence-electron chi connectivity index (χ4n) is 5.13. The normalized spacial score (nSPS) is 20.1. The van der Waals surface area contributed by atoms with Crippen LogP contribution in [0.3, 0.4) is 0 Å². The van der Waals surface area contributed by atoms with Crippen molar-refractivity contribution >= 4 is 28.7 Å². The van der Waals surface area contributed by atoms with Crippen molar-refractivity contribution < 1.29 is 19.1 Å². The van der Waals surface area contributed by atoms with E-state index in [0.29, 0.717) is 18.5 Å². The molecule has 1 aromatic heterocycles. The first-order valence-electron chi connectivity index (χ1n) is 11.4. The summed E-state index contributed by atoms with van der Waals surface area (Å²) in [5.74, 6) is -0.456. The van der Waals surface area contributed by atoms with Crippen LogP contribution >= 0.6 is 0 Å². The second-order valence-corrected chi connectivity index (χ2v) is 8.71. The van der Waals surface area contributed by atoms with Gasteiger partial charge in [0.2, 0.25) is 11.8 Å². The molecule has 33 heavy (non-hydrogen) atoms. The quantitative estimate of drug-likeness (QED) is 0.610. The first kappa shape index (κ1) is 21.2. The van der Waals surface area contributed by atoms with Gasteiger partial charge in [0.25, 0.3) is 0 Å². The molecule has 0 radical (unpaired) electrons. The molecule has 2 aliphatic heterocycles. The molecule has 0 saturated carbocycles. The van der Waals surface area contributed by atoms with Gasteiger partial charge in [0.05, 0.1) is 25.3 Å². The maximum Gasteiger partial charge on any atom is 0.337 e. The molecule has 1 fully saturated rings. The summed E-state index contributed by atoms with van der Waals surface area (Å²) in [6.07, 6.45) is 2.33. The van der Waals surface area contributed by atoms with Gasteiger partial charge in [-0.3, -0.25) is 9.59 Å². The number of carbonyl (C=O) groups is 3. The van der Waals surface area contributed by atoms with E-state index in [2.05, 4.69) is 18.0 Å². The summed E-state index contributed by atoms with van der Waals surface area (Å²) < 4.78 is 4.82. The molecule has 1 saturated heterocycles. The van der Waals surface area contributed by atoms with E-state index in [4.69, 9.17) is 4.74 Å². The summed E-state index contributed by atoms with van der Waals surface area (Å²) in [7, 11) is 1.35. The highest BCUT2D eigenvalue weighted by Crippen LogP contribution is 2.42. The monoisotopic (exact) mass is 445 g/mol. The molecule has 0 spiro atoms. The van der Waals surface area contributed by atoms with Crippen LogP contribution in [0.15, 0.2) is 48.5 Å². The van der Waals surface area contributed by atoms with E-state index in [0.717, 1.165) is 40.6 Å². The molecule has 2 atom stereocenters. The predicted octanol–water partition coefficient (Wildman–Crippen LogP) is 3.44. The molecular formula is C26H27N3O4. The summed E-state index contributed by atoms with van der Waals surface area (Å²) in [5.41, 5.74) is 4.29. The van der Waals surface area contributed by atoms with Crippen molar-refractivity contribution in [2.45, 2.75) is 38.3 Å². The number of rotatable bonds is 5. The molecule has 0 unspecified atom stereocenters. The number of carbonyl (C=O) groups excluding carboxylic acids is 3. The minimum Gasteiger partial charge on any atom is -0.465 e. The summed E-state index contributed by atoms with van der Waals surface area (Å²) in [5, 5.41) is 1.08. The Morgan fingerprint density at radius 2 is 1.88 bits per heavy atom. The third-order valence-corrected chi connectivity index (χ3v) is 6.77. The highest BCUT2D eigenvalue weighted by Gasteiger charge is 2.48. The van der Waals surface area contributed by atoms with Gasteiger partial charge in [-0.15, -0.1) is 0 Å². The van der Waals surface area contributed by atoms with Crippen molar-refractivity contribution in [1.82, 2.24) is 14.8 Å². The number of methoxy groups -OCH3 is 1. The highest BCUT2D eigenvalue weighted by atomic mass is 16.5. The van der Waals surface area contributed by atoms with Crippen LogP contribution in [0.25, 0.3) is 10.9 Å². The lowest BCUT2D eigenvalue weighted by Gasteiger charge is -2.47. The number of hydrogen-bond donors (Lipinski definition) is 1. The number of ether oxygens (including phenoxy) is 1. The number of amides is 2. The number of esters is 1. The molecule has 0 aliphatic carbocycles. The Morgan fingerprint density at radius 3 is 2.61 bits per heavy atom. The largest absolute Gasteiger partial charge is 0.465 e. The number of H-pyrrole nitrogens is 1. The van der Waals surface area contributed by atoms with E-state index >= 15 is 0 Å². The van der Waals surface area contributed by atoms with Crippen LogP contribution in [0.4, 0.5) is 0 Å². The van der Waals surface area contributed by atoms with E-state index in [1.807, 2.05) is 30.3 Å². The second kappa shape index (κ2) is 8.39. The molecule has 7 nitrogen and oxygen atoms in total. The van der Waals surface area contributed by atoms with Gasteiger partial charge in [-0.2, -0.15) is 0 Å². The van der Waals surface area contributed by atoms with E-state index in [-0.39, 0.29) is 18.4 Å². The van der Waals surface area contributed by atoms with Crippen LogP contribution in [-0.2, 0) is 20.7 Å². The van der Waals surface area contributed by atoms with Crippen LogP contribution in [0.5, 0.6) is 0 Å². The topological polar surface area (TPSA) is 82.7 Å². The number of nitrogens with zero attached hydrogens (tertiary/aromatic N) is 2. The molecule has 2 aromatic carbocycles. The summed E-state index contributed by atoms with van der Waals surface area (Å²) in [4.78, 5) is 45.8. The number of fused-ring (bicyclic) bond motifs is 4. The van der Waals surface area contributed by atoms with Crippen LogP contribution in [0.1, 0.15) is 53.0 Å². The van der Waals surface area contributed by atoms with Crippen LogP contribution < -0.4 is 0 Å². The van der Waals surface area contributed by atoms with Crippen molar-refractivity contribution in [3.8, 4) is 0 Å². The average Bonchev–Trinajstić information content (AvgIpc) is 3.22. The standard InChI is InChI=1S/C26H27N3O4/c1-3-4-13-28-15-22(30)29-21(25(28)31)14-19-18-7-5-6-8-20(18)27-23(19)24(29)16-9-11-17(12-10-16)26(32)33-2/h5-12,21,24,27H,3-4,13-15H2,1-2H3/t21-,24-/m0/s1. The number of aromatic nitrogens is 1. The maximum atomic E-state index is 13.5. The Hall–Kier alpha value is -3.61. The lowest BCUT2D eigenvalue weighted by molar-refractivity contribution is -0.158. The minimum absolute atomic E-state index is 0.00941. The molecule has 3 heterocycles. The summed E-state index contributed by atoms with van der Waals surface area (Å²) in [6, 6.07) is 14.2. The SMILES string of the molecule is CCCCN1CC(=O)N2[C@@H](c3ccc(C(=O)OC)cc3)c3[nH]c4ccccc4c3C[C@H]2C1=O. The fraction of sp³-hybridized carbons (Fsp3) is 0.346. The van der Waals surface area contributed by atoms with Gasteiger partial charge in [-0.1, -0.05) is 43.7 Å². The van der Waals surface area contributed by atoms with E-state index in [9.17, 15) is 14.4 Å². The van der Waals surface area contributed by atoms with Crippen LogP contribution in [0.2, 0.25) is 0 Å². The van der Waals surface area contributed by atoms with Gasteiger partial charge in [-0.25, -0.2) is 4.79 Å². The molecule has 3 aromatic rings. The smallest absolute Gasteiger partial charge is 0.337 e. The average molecular weight is 446 g/mol. The first-order chi connectivity index (χ1) is 16.0. The third kappa shape index (κ3) is 3.48. The molecule has 5 rings (SSSR count). The van der Waals surface area contributed by atoms with Gasteiger partial charge in [0.1, 0.15) is 6.04 Å². The first-order valence-corrected chi connectivity index (χ1v) is 11.4. The number of benzene rings is 2. The Morgan fingerprint density at radius 1 is 1.12 bits per heavy atom. The maximum absolute atomic E-state index is 13.5.